The van der Waals surface area contributed by atoms with Crippen LogP contribution in [0, 0.1) is 5.82 Å². The third-order valence-electron chi connectivity index (χ3n) is 3.12. The smallest absolute Gasteiger partial charge is 0.337 e. The van der Waals surface area contributed by atoms with Gasteiger partial charge < -0.3 is 14.9 Å². The second-order valence-corrected chi connectivity index (χ2v) is 4.48. The summed E-state index contributed by atoms with van der Waals surface area (Å²) in [4.78, 5) is 12.7. The van der Waals surface area contributed by atoms with Gasteiger partial charge in [-0.2, -0.15) is 0 Å². The number of carboxylic acids is 1. The number of morpholine rings is 1. The molecule has 104 valence electrons. The predicted octanol–water partition coefficient (Wildman–Crippen LogP) is 0.776. The third-order valence-corrected chi connectivity index (χ3v) is 3.12. The Kier molecular flexibility index (Phi) is 4.47. The molecular formula is C13H16FNO4. The van der Waals surface area contributed by atoms with Crippen LogP contribution in [0.4, 0.5) is 4.39 Å². The van der Waals surface area contributed by atoms with Gasteiger partial charge in [-0.1, -0.05) is 12.1 Å². The van der Waals surface area contributed by atoms with Crippen molar-refractivity contribution >= 4 is 5.97 Å². The van der Waals surface area contributed by atoms with Crippen molar-refractivity contribution in [1.82, 2.24) is 4.90 Å². The number of hydrogen-bond acceptors (Lipinski definition) is 4. The van der Waals surface area contributed by atoms with E-state index >= 15 is 0 Å². The number of carbonyl (C=O) groups is 1. The minimum atomic E-state index is -1.69. The largest absolute Gasteiger partial charge is 0.479 e. The molecule has 1 atom stereocenters. The lowest BCUT2D eigenvalue weighted by Crippen LogP contribution is -2.35. The van der Waals surface area contributed by atoms with E-state index in [4.69, 9.17) is 9.84 Å². The summed E-state index contributed by atoms with van der Waals surface area (Å²) >= 11 is 0. The van der Waals surface area contributed by atoms with Crippen LogP contribution in [0.3, 0.4) is 0 Å². The van der Waals surface area contributed by atoms with E-state index in [1.165, 1.54) is 12.1 Å². The Hall–Kier alpha value is -1.50. The van der Waals surface area contributed by atoms with Crippen molar-refractivity contribution in [2.75, 3.05) is 26.3 Å². The zero-order chi connectivity index (χ0) is 13.8. The minimum Gasteiger partial charge on any atom is -0.479 e. The molecule has 0 saturated carbocycles. The molecule has 0 spiro atoms. The predicted molar refractivity (Wildman–Crippen MR) is 65.1 cm³/mol. The summed E-state index contributed by atoms with van der Waals surface area (Å²) in [6.07, 6.45) is -1.69. The van der Waals surface area contributed by atoms with Crippen molar-refractivity contribution in [1.29, 1.82) is 0 Å². The van der Waals surface area contributed by atoms with Gasteiger partial charge in [0, 0.05) is 25.2 Å². The van der Waals surface area contributed by atoms with Crippen LogP contribution in [-0.2, 0) is 16.1 Å². The number of nitrogens with zero attached hydrogens (tertiary/aromatic N) is 1. The number of benzene rings is 1. The van der Waals surface area contributed by atoms with Crippen molar-refractivity contribution < 1.29 is 24.1 Å². The highest BCUT2D eigenvalue weighted by Crippen LogP contribution is 2.18. The van der Waals surface area contributed by atoms with Gasteiger partial charge in [-0.3, -0.25) is 4.90 Å². The Morgan fingerprint density at radius 1 is 1.42 bits per heavy atom. The standard InChI is InChI=1S/C13H16FNO4/c14-11-7-9(12(16)13(17)18)1-2-10(11)8-15-3-5-19-6-4-15/h1-2,7,12,16H,3-6,8H2,(H,17,18). The molecule has 1 unspecified atom stereocenters. The Morgan fingerprint density at radius 2 is 2.11 bits per heavy atom. The van der Waals surface area contributed by atoms with Crippen LogP contribution < -0.4 is 0 Å². The molecule has 0 bridgehead atoms. The fourth-order valence-corrected chi connectivity index (χ4v) is 2.00. The first kappa shape index (κ1) is 13.9. The van der Waals surface area contributed by atoms with Gasteiger partial charge in [-0.05, 0) is 11.6 Å². The molecule has 1 fully saturated rings. The molecule has 0 radical (unpaired) electrons. The third kappa shape index (κ3) is 3.50. The molecule has 2 N–H and O–H groups in total. The monoisotopic (exact) mass is 269 g/mol. The SMILES string of the molecule is O=C(O)C(O)c1ccc(CN2CCOCC2)c(F)c1. The van der Waals surface area contributed by atoms with E-state index in [-0.39, 0.29) is 5.56 Å². The Balaban J connectivity index is 2.08. The van der Waals surface area contributed by atoms with E-state index < -0.39 is 17.9 Å². The van der Waals surface area contributed by atoms with Gasteiger partial charge in [-0.25, -0.2) is 9.18 Å². The fraction of sp³-hybridized carbons (Fsp3) is 0.462. The van der Waals surface area contributed by atoms with Crippen LogP contribution in [0.25, 0.3) is 0 Å². The average Bonchev–Trinajstić information content (AvgIpc) is 2.41. The van der Waals surface area contributed by atoms with Crippen LogP contribution in [-0.4, -0.2) is 47.4 Å². The first-order chi connectivity index (χ1) is 9.08. The normalized spacial score (nSPS) is 18.2. The summed E-state index contributed by atoms with van der Waals surface area (Å²) in [5, 5.41) is 18.0. The number of hydrogen-bond donors (Lipinski definition) is 2. The molecule has 1 saturated heterocycles. The Morgan fingerprint density at radius 3 is 2.68 bits per heavy atom. The average molecular weight is 269 g/mol. The van der Waals surface area contributed by atoms with Crippen LogP contribution in [0.15, 0.2) is 18.2 Å². The molecule has 2 rings (SSSR count). The van der Waals surface area contributed by atoms with Crippen LogP contribution in [0.1, 0.15) is 17.2 Å². The van der Waals surface area contributed by atoms with Gasteiger partial charge in [0.15, 0.2) is 6.10 Å². The number of aliphatic hydroxyl groups excluding tert-OH is 1. The first-order valence-corrected chi connectivity index (χ1v) is 6.07. The van der Waals surface area contributed by atoms with Gasteiger partial charge >= 0.3 is 5.97 Å². The van der Waals surface area contributed by atoms with Crippen LogP contribution >= 0.6 is 0 Å². The zero-order valence-corrected chi connectivity index (χ0v) is 10.4. The number of halogens is 1. The van der Waals surface area contributed by atoms with Crippen LogP contribution in [0.5, 0.6) is 0 Å². The van der Waals surface area contributed by atoms with Gasteiger partial charge in [0.05, 0.1) is 13.2 Å². The fourth-order valence-electron chi connectivity index (χ4n) is 2.00. The summed E-state index contributed by atoms with van der Waals surface area (Å²) < 4.78 is 19.1. The molecule has 1 aromatic rings. The maximum atomic E-state index is 13.9. The molecule has 0 amide bonds. The highest BCUT2D eigenvalue weighted by Gasteiger charge is 2.18. The Labute approximate surface area is 110 Å². The van der Waals surface area contributed by atoms with Crippen molar-refractivity contribution in [3.63, 3.8) is 0 Å². The van der Waals surface area contributed by atoms with Gasteiger partial charge in [0.1, 0.15) is 5.82 Å². The number of carboxylic acid groups (broad SMARTS) is 1. The molecule has 1 aliphatic heterocycles. The molecule has 5 nitrogen and oxygen atoms in total. The number of rotatable bonds is 4. The maximum absolute atomic E-state index is 13.9. The number of aliphatic carboxylic acids is 1. The summed E-state index contributed by atoms with van der Waals surface area (Å²) in [7, 11) is 0. The van der Waals surface area contributed by atoms with Gasteiger partial charge in [-0.15, -0.1) is 0 Å². The molecule has 6 heteroatoms. The van der Waals surface area contributed by atoms with Crippen molar-refractivity contribution in [3.8, 4) is 0 Å². The highest BCUT2D eigenvalue weighted by molar-refractivity contribution is 5.74. The van der Waals surface area contributed by atoms with Crippen LogP contribution in [0.2, 0.25) is 0 Å². The van der Waals surface area contributed by atoms with Gasteiger partial charge in [0.2, 0.25) is 0 Å². The van der Waals surface area contributed by atoms with E-state index in [9.17, 15) is 14.3 Å². The highest BCUT2D eigenvalue weighted by atomic mass is 19.1. The summed E-state index contributed by atoms with van der Waals surface area (Å²) in [6, 6.07) is 4.04. The maximum Gasteiger partial charge on any atom is 0.337 e. The lowest BCUT2D eigenvalue weighted by atomic mass is 10.1. The zero-order valence-electron chi connectivity index (χ0n) is 10.4. The molecular weight excluding hydrogens is 253 g/mol. The first-order valence-electron chi connectivity index (χ1n) is 6.07. The Bertz CT molecular complexity index is 460. The molecule has 1 aromatic carbocycles. The topological polar surface area (TPSA) is 70.0 Å². The summed E-state index contributed by atoms with van der Waals surface area (Å²) in [6.45, 7) is 3.23. The van der Waals surface area contributed by atoms with Gasteiger partial charge in [0.25, 0.3) is 0 Å². The summed E-state index contributed by atoms with van der Waals surface area (Å²) in [5.41, 5.74) is 0.541. The second kappa shape index (κ2) is 6.10. The van der Waals surface area contributed by atoms with Crippen molar-refractivity contribution in [3.05, 3.63) is 35.1 Å². The molecule has 1 heterocycles. The second-order valence-electron chi connectivity index (χ2n) is 4.48. The number of ether oxygens (including phenoxy) is 1. The van der Waals surface area contributed by atoms with E-state index in [2.05, 4.69) is 4.90 Å². The quantitative estimate of drug-likeness (QED) is 0.845. The summed E-state index contributed by atoms with van der Waals surface area (Å²) in [5.74, 6) is -1.88. The molecule has 1 aliphatic rings. The van der Waals surface area contributed by atoms with E-state index in [0.717, 1.165) is 19.2 Å². The number of aliphatic hydroxyl groups is 1. The minimum absolute atomic E-state index is 0.0516. The van der Waals surface area contributed by atoms with E-state index in [1.807, 2.05) is 0 Å². The van der Waals surface area contributed by atoms with Crippen molar-refractivity contribution in [2.24, 2.45) is 0 Å². The van der Waals surface area contributed by atoms with E-state index in [1.54, 1.807) is 0 Å². The lowest BCUT2D eigenvalue weighted by Gasteiger charge is -2.26. The van der Waals surface area contributed by atoms with Crippen molar-refractivity contribution in [2.45, 2.75) is 12.6 Å². The van der Waals surface area contributed by atoms with E-state index in [0.29, 0.717) is 25.3 Å². The molecule has 0 aromatic heterocycles. The molecule has 19 heavy (non-hydrogen) atoms. The molecule has 0 aliphatic carbocycles. The lowest BCUT2D eigenvalue weighted by molar-refractivity contribution is -0.146.